The quantitative estimate of drug-likeness (QED) is 0.855. The molecular formula is C14H27NO2S. The highest BCUT2D eigenvalue weighted by Crippen LogP contribution is 2.35. The summed E-state index contributed by atoms with van der Waals surface area (Å²) in [4.78, 5) is 0. The molecule has 18 heavy (non-hydrogen) atoms. The summed E-state index contributed by atoms with van der Waals surface area (Å²) in [6.07, 6.45) is 7.36. The fourth-order valence-electron chi connectivity index (χ4n) is 3.06. The molecule has 3 nitrogen and oxygen atoms in total. The Morgan fingerprint density at radius 1 is 1.00 bits per heavy atom. The monoisotopic (exact) mass is 273 g/mol. The zero-order valence-corrected chi connectivity index (χ0v) is 12.7. The van der Waals surface area contributed by atoms with E-state index in [4.69, 9.17) is 0 Å². The van der Waals surface area contributed by atoms with E-state index in [0.717, 1.165) is 31.6 Å². The molecule has 0 aromatic carbocycles. The minimum absolute atomic E-state index is 0.0789. The zero-order chi connectivity index (χ0) is 13.4. The summed E-state index contributed by atoms with van der Waals surface area (Å²) in [5.74, 6) is 0.784. The Morgan fingerprint density at radius 2 is 1.56 bits per heavy atom. The van der Waals surface area contributed by atoms with Crippen molar-refractivity contribution in [1.29, 1.82) is 0 Å². The SMILES string of the molecule is CC(C)(C)CC1CCC(NS(=O)(=O)C2CC2)CC1. The molecule has 1 N–H and O–H groups in total. The topological polar surface area (TPSA) is 46.2 Å². The van der Waals surface area contributed by atoms with Crippen LogP contribution >= 0.6 is 0 Å². The average Bonchev–Trinajstić information content (AvgIpc) is 3.01. The van der Waals surface area contributed by atoms with Gasteiger partial charge in [-0.25, -0.2) is 13.1 Å². The van der Waals surface area contributed by atoms with Crippen molar-refractivity contribution in [1.82, 2.24) is 4.72 Å². The van der Waals surface area contributed by atoms with Crippen LogP contribution in [0.15, 0.2) is 0 Å². The highest BCUT2D eigenvalue weighted by Gasteiger charge is 2.37. The smallest absolute Gasteiger partial charge is 0.212 e. The van der Waals surface area contributed by atoms with Gasteiger partial charge in [0.05, 0.1) is 5.25 Å². The minimum atomic E-state index is -2.99. The van der Waals surface area contributed by atoms with Crippen molar-refractivity contribution < 1.29 is 8.42 Å². The van der Waals surface area contributed by atoms with Crippen molar-refractivity contribution in [2.45, 2.75) is 77.0 Å². The van der Waals surface area contributed by atoms with Crippen LogP contribution in [0.4, 0.5) is 0 Å². The van der Waals surface area contributed by atoms with Crippen molar-refractivity contribution >= 4 is 10.0 Å². The van der Waals surface area contributed by atoms with Gasteiger partial charge in [-0.15, -0.1) is 0 Å². The second-order valence-corrected chi connectivity index (χ2v) is 9.34. The molecule has 106 valence electrons. The van der Waals surface area contributed by atoms with E-state index in [1.165, 1.54) is 19.3 Å². The molecule has 0 atom stereocenters. The van der Waals surface area contributed by atoms with Crippen LogP contribution in [0.3, 0.4) is 0 Å². The fraction of sp³-hybridized carbons (Fsp3) is 1.00. The van der Waals surface area contributed by atoms with Crippen LogP contribution < -0.4 is 4.72 Å². The van der Waals surface area contributed by atoms with E-state index in [1.807, 2.05) is 0 Å². The van der Waals surface area contributed by atoms with E-state index < -0.39 is 10.0 Å². The maximum absolute atomic E-state index is 11.9. The van der Waals surface area contributed by atoms with Crippen molar-refractivity contribution in [3.05, 3.63) is 0 Å². The van der Waals surface area contributed by atoms with Gasteiger partial charge >= 0.3 is 0 Å². The van der Waals surface area contributed by atoms with E-state index >= 15 is 0 Å². The van der Waals surface area contributed by atoms with Gasteiger partial charge in [0, 0.05) is 6.04 Å². The van der Waals surface area contributed by atoms with Gasteiger partial charge in [-0.3, -0.25) is 0 Å². The summed E-state index contributed by atoms with van der Waals surface area (Å²) >= 11 is 0. The predicted molar refractivity (Wildman–Crippen MR) is 74.9 cm³/mol. The first-order valence-electron chi connectivity index (χ1n) is 7.27. The summed E-state index contributed by atoms with van der Waals surface area (Å²) in [5, 5.41) is -0.0789. The molecule has 2 rings (SSSR count). The molecular weight excluding hydrogens is 246 g/mol. The summed E-state index contributed by atoms with van der Waals surface area (Å²) in [6.45, 7) is 6.86. The van der Waals surface area contributed by atoms with Crippen LogP contribution in [0.25, 0.3) is 0 Å². The third-order valence-corrected chi connectivity index (χ3v) is 6.05. The molecule has 0 heterocycles. The molecule has 0 unspecified atom stereocenters. The van der Waals surface area contributed by atoms with Gasteiger partial charge in [-0.2, -0.15) is 0 Å². The summed E-state index contributed by atoms with van der Waals surface area (Å²) in [6, 6.07) is 0.201. The molecule has 0 aromatic heterocycles. The van der Waals surface area contributed by atoms with E-state index in [0.29, 0.717) is 5.41 Å². The lowest BCUT2D eigenvalue weighted by atomic mass is 9.76. The average molecular weight is 273 g/mol. The van der Waals surface area contributed by atoms with Crippen molar-refractivity contribution in [3.63, 3.8) is 0 Å². The highest BCUT2D eigenvalue weighted by atomic mass is 32.2. The fourth-order valence-corrected chi connectivity index (χ4v) is 4.71. The number of nitrogens with one attached hydrogen (secondary N) is 1. The molecule has 2 aliphatic rings. The zero-order valence-electron chi connectivity index (χ0n) is 11.9. The van der Waals surface area contributed by atoms with E-state index in [-0.39, 0.29) is 11.3 Å². The lowest BCUT2D eigenvalue weighted by Gasteiger charge is -2.32. The molecule has 0 radical (unpaired) electrons. The minimum Gasteiger partial charge on any atom is -0.212 e. The van der Waals surface area contributed by atoms with Crippen molar-refractivity contribution in [3.8, 4) is 0 Å². The van der Waals surface area contributed by atoms with Crippen molar-refractivity contribution in [2.24, 2.45) is 11.3 Å². The molecule has 0 saturated heterocycles. The first-order chi connectivity index (χ1) is 8.26. The molecule has 0 bridgehead atoms. The summed E-state index contributed by atoms with van der Waals surface area (Å²) in [5.41, 5.74) is 0.394. The molecule has 2 fully saturated rings. The van der Waals surface area contributed by atoms with Gasteiger partial charge < -0.3 is 0 Å². The number of hydrogen-bond donors (Lipinski definition) is 1. The normalized spacial score (nSPS) is 30.4. The molecule has 2 saturated carbocycles. The Bertz CT molecular complexity index is 371. The predicted octanol–water partition coefficient (Wildman–Crippen LogP) is 3.06. The largest absolute Gasteiger partial charge is 0.214 e. The Kier molecular flexibility index (Phi) is 4.07. The molecule has 0 aliphatic heterocycles. The highest BCUT2D eigenvalue weighted by molar-refractivity contribution is 7.90. The van der Waals surface area contributed by atoms with Crippen LogP contribution in [0.1, 0.15) is 65.7 Å². The van der Waals surface area contributed by atoms with Crippen LogP contribution in [0, 0.1) is 11.3 Å². The van der Waals surface area contributed by atoms with Gasteiger partial charge in [0.2, 0.25) is 10.0 Å². The second kappa shape index (κ2) is 5.12. The molecule has 0 amide bonds. The Morgan fingerprint density at radius 3 is 2.00 bits per heavy atom. The number of sulfonamides is 1. The third kappa shape index (κ3) is 4.23. The van der Waals surface area contributed by atoms with Gasteiger partial charge in [-0.05, 0) is 56.3 Å². The van der Waals surface area contributed by atoms with Gasteiger partial charge in [-0.1, -0.05) is 20.8 Å². The van der Waals surface area contributed by atoms with Crippen LogP contribution in [-0.2, 0) is 10.0 Å². The molecule has 0 aromatic rings. The number of hydrogen-bond acceptors (Lipinski definition) is 2. The van der Waals surface area contributed by atoms with Crippen LogP contribution in [-0.4, -0.2) is 19.7 Å². The number of rotatable bonds is 4. The van der Waals surface area contributed by atoms with E-state index in [9.17, 15) is 8.42 Å². The maximum atomic E-state index is 11.9. The van der Waals surface area contributed by atoms with Gasteiger partial charge in [0.15, 0.2) is 0 Å². The Hall–Kier alpha value is -0.0900. The van der Waals surface area contributed by atoms with E-state index in [2.05, 4.69) is 25.5 Å². The third-order valence-electron chi connectivity index (χ3n) is 4.04. The van der Waals surface area contributed by atoms with Gasteiger partial charge in [0.1, 0.15) is 0 Å². The molecule has 0 spiro atoms. The first-order valence-corrected chi connectivity index (χ1v) is 8.82. The lowest BCUT2D eigenvalue weighted by molar-refractivity contribution is 0.223. The lowest BCUT2D eigenvalue weighted by Crippen LogP contribution is -2.39. The standard InChI is InChI=1S/C14H27NO2S/c1-14(2,3)10-11-4-6-12(7-5-11)15-18(16,17)13-8-9-13/h11-13,15H,4-10H2,1-3H3. The van der Waals surface area contributed by atoms with Crippen molar-refractivity contribution in [2.75, 3.05) is 0 Å². The van der Waals surface area contributed by atoms with Crippen LogP contribution in [0.5, 0.6) is 0 Å². The Balaban J connectivity index is 1.76. The van der Waals surface area contributed by atoms with Crippen LogP contribution in [0.2, 0.25) is 0 Å². The second-order valence-electron chi connectivity index (χ2n) is 7.34. The maximum Gasteiger partial charge on any atom is 0.214 e. The first kappa shape index (κ1) is 14.3. The van der Waals surface area contributed by atoms with E-state index in [1.54, 1.807) is 0 Å². The summed E-state index contributed by atoms with van der Waals surface area (Å²) in [7, 11) is -2.99. The van der Waals surface area contributed by atoms with Gasteiger partial charge in [0.25, 0.3) is 0 Å². The summed E-state index contributed by atoms with van der Waals surface area (Å²) < 4.78 is 26.6. The Labute approximate surface area is 112 Å². The molecule has 4 heteroatoms. The molecule has 2 aliphatic carbocycles.